The highest BCUT2D eigenvalue weighted by atomic mass is 32.2. The van der Waals surface area contributed by atoms with Crippen molar-refractivity contribution in [3.05, 3.63) is 66.1 Å². The van der Waals surface area contributed by atoms with Crippen molar-refractivity contribution in [2.24, 2.45) is 0 Å². The van der Waals surface area contributed by atoms with E-state index in [0.29, 0.717) is 17.4 Å². The summed E-state index contributed by atoms with van der Waals surface area (Å²) in [5.74, 6) is -2.06. The topological polar surface area (TPSA) is 55.1 Å². The van der Waals surface area contributed by atoms with Gasteiger partial charge in [0.2, 0.25) is 5.91 Å². The van der Waals surface area contributed by atoms with Gasteiger partial charge in [-0.3, -0.25) is 4.79 Å². The van der Waals surface area contributed by atoms with E-state index in [2.05, 4.69) is 10.3 Å². The van der Waals surface area contributed by atoms with Crippen molar-refractivity contribution >= 4 is 23.4 Å². The van der Waals surface area contributed by atoms with Gasteiger partial charge in [-0.05, 0) is 36.4 Å². The summed E-state index contributed by atoms with van der Waals surface area (Å²) in [6.07, 6.45) is 1.47. The van der Waals surface area contributed by atoms with E-state index >= 15 is 0 Å². The Balaban J connectivity index is 1.58. The maximum atomic E-state index is 13.5. The van der Waals surface area contributed by atoms with Crippen molar-refractivity contribution in [2.45, 2.75) is 5.22 Å². The van der Waals surface area contributed by atoms with E-state index in [9.17, 15) is 18.0 Å². The largest absolute Gasteiger partial charge is 0.431 e. The van der Waals surface area contributed by atoms with Crippen LogP contribution in [0.25, 0.3) is 11.3 Å². The third-order valence-electron chi connectivity index (χ3n) is 3.15. The van der Waals surface area contributed by atoms with E-state index < -0.39 is 17.5 Å². The number of nitrogens with one attached hydrogen (secondary N) is 1. The Hall–Kier alpha value is -2.74. The minimum Gasteiger partial charge on any atom is -0.431 e. The van der Waals surface area contributed by atoms with Gasteiger partial charge in [0, 0.05) is 11.6 Å². The second-order valence-electron chi connectivity index (χ2n) is 4.96. The lowest BCUT2D eigenvalue weighted by atomic mass is 10.2. The molecule has 2 aromatic carbocycles. The first-order chi connectivity index (χ1) is 12.0. The van der Waals surface area contributed by atoms with Gasteiger partial charge in [0.1, 0.15) is 17.5 Å². The molecule has 0 aliphatic heterocycles. The lowest BCUT2D eigenvalue weighted by Crippen LogP contribution is -2.15. The Morgan fingerprint density at radius 2 is 1.80 bits per heavy atom. The number of hydrogen-bond donors (Lipinski definition) is 1. The second kappa shape index (κ2) is 7.43. The van der Waals surface area contributed by atoms with Gasteiger partial charge in [0.25, 0.3) is 5.22 Å². The van der Waals surface area contributed by atoms with Gasteiger partial charge in [0.15, 0.2) is 5.76 Å². The van der Waals surface area contributed by atoms with E-state index in [1.807, 2.05) is 0 Å². The first-order valence-electron chi connectivity index (χ1n) is 7.11. The molecule has 0 spiro atoms. The number of hydrogen-bond acceptors (Lipinski definition) is 4. The van der Waals surface area contributed by atoms with Crippen molar-refractivity contribution in [1.29, 1.82) is 0 Å². The normalized spacial score (nSPS) is 10.7. The fourth-order valence-electron chi connectivity index (χ4n) is 1.98. The third-order valence-corrected chi connectivity index (χ3v) is 3.99. The first kappa shape index (κ1) is 17.1. The molecule has 0 atom stereocenters. The number of thioether (sulfide) groups is 1. The maximum Gasteiger partial charge on any atom is 0.256 e. The molecule has 0 radical (unpaired) electrons. The van der Waals surface area contributed by atoms with Crippen LogP contribution in [0.2, 0.25) is 0 Å². The fourth-order valence-corrected chi connectivity index (χ4v) is 2.58. The third kappa shape index (κ3) is 4.42. The summed E-state index contributed by atoms with van der Waals surface area (Å²) < 4.78 is 44.7. The highest BCUT2D eigenvalue weighted by Crippen LogP contribution is 2.25. The Morgan fingerprint density at radius 3 is 2.52 bits per heavy atom. The number of amides is 1. The Morgan fingerprint density at radius 1 is 1.08 bits per heavy atom. The molecule has 8 heteroatoms. The molecule has 1 amide bonds. The van der Waals surface area contributed by atoms with Gasteiger partial charge < -0.3 is 9.73 Å². The van der Waals surface area contributed by atoms with Gasteiger partial charge in [-0.25, -0.2) is 18.2 Å². The number of carbonyl (C=O) groups excluding carboxylic acids is 1. The van der Waals surface area contributed by atoms with E-state index in [4.69, 9.17) is 4.42 Å². The summed E-state index contributed by atoms with van der Waals surface area (Å²) in [5.41, 5.74) is 0.546. The lowest BCUT2D eigenvalue weighted by molar-refractivity contribution is -0.113. The fraction of sp³-hybridized carbons (Fsp3) is 0.0588. The number of aromatic nitrogens is 1. The number of carbonyl (C=O) groups is 1. The second-order valence-corrected chi connectivity index (χ2v) is 5.88. The smallest absolute Gasteiger partial charge is 0.256 e. The number of anilines is 1. The van der Waals surface area contributed by atoms with E-state index in [-0.39, 0.29) is 22.5 Å². The Bertz CT molecular complexity index is 897. The summed E-state index contributed by atoms with van der Waals surface area (Å²) in [6.45, 7) is 0. The molecule has 1 aromatic heterocycles. The molecule has 0 saturated heterocycles. The molecule has 0 bridgehead atoms. The van der Waals surface area contributed by atoms with Gasteiger partial charge >= 0.3 is 0 Å². The summed E-state index contributed by atoms with van der Waals surface area (Å²) in [6, 6.07) is 8.58. The average molecular weight is 364 g/mol. The molecule has 25 heavy (non-hydrogen) atoms. The molecule has 0 aliphatic rings. The SMILES string of the molecule is O=C(CSc1ncc(-c2ccc(F)cc2)o1)Nc1ccc(F)cc1F. The number of benzene rings is 2. The highest BCUT2D eigenvalue weighted by molar-refractivity contribution is 7.99. The summed E-state index contributed by atoms with van der Waals surface area (Å²) in [7, 11) is 0. The zero-order valence-electron chi connectivity index (χ0n) is 12.6. The molecule has 0 unspecified atom stereocenters. The number of nitrogens with zero attached hydrogens (tertiary/aromatic N) is 1. The van der Waals surface area contributed by atoms with Crippen LogP contribution in [0.1, 0.15) is 0 Å². The molecule has 0 fully saturated rings. The molecule has 1 heterocycles. The maximum absolute atomic E-state index is 13.5. The zero-order chi connectivity index (χ0) is 17.8. The summed E-state index contributed by atoms with van der Waals surface area (Å²) in [5, 5.41) is 2.58. The van der Waals surface area contributed by atoms with Crippen molar-refractivity contribution < 1.29 is 22.4 Å². The molecule has 0 saturated carbocycles. The van der Waals surface area contributed by atoms with Crippen LogP contribution in [0.15, 0.2) is 58.3 Å². The predicted molar refractivity (Wildman–Crippen MR) is 87.6 cm³/mol. The van der Waals surface area contributed by atoms with E-state index in [1.165, 1.54) is 18.3 Å². The standard InChI is InChI=1S/C17H11F3N2O2S/c18-11-3-1-10(2-4-11)15-8-21-17(24-15)25-9-16(23)22-14-6-5-12(19)7-13(14)20/h1-8H,9H2,(H,22,23). The predicted octanol–water partition coefficient (Wildman–Crippen LogP) is 4.49. The minimum absolute atomic E-state index is 0.0693. The van der Waals surface area contributed by atoms with Crippen LogP contribution in [0.3, 0.4) is 0 Å². The van der Waals surface area contributed by atoms with Crippen molar-refractivity contribution in [2.75, 3.05) is 11.1 Å². The Kier molecular flexibility index (Phi) is 5.08. The van der Waals surface area contributed by atoms with Crippen LogP contribution >= 0.6 is 11.8 Å². The Labute approximate surface area is 145 Å². The number of rotatable bonds is 5. The molecule has 128 valence electrons. The summed E-state index contributed by atoms with van der Waals surface area (Å²) in [4.78, 5) is 15.9. The minimum atomic E-state index is -0.854. The highest BCUT2D eigenvalue weighted by Gasteiger charge is 2.12. The van der Waals surface area contributed by atoms with Crippen molar-refractivity contribution in [3.8, 4) is 11.3 Å². The number of halogens is 3. The van der Waals surface area contributed by atoms with E-state index in [1.54, 1.807) is 12.1 Å². The average Bonchev–Trinajstić information content (AvgIpc) is 3.05. The van der Waals surface area contributed by atoms with Gasteiger partial charge in [-0.15, -0.1) is 0 Å². The molecule has 3 aromatic rings. The number of oxazole rings is 1. The van der Waals surface area contributed by atoms with Gasteiger partial charge in [-0.2, -0.15) is 0 Å². The molecule has 1 N–H and O–H groups in total. The molecular formula is C17H11F3N2O2S. The van der Waals surface area contributed by atoms with Crippen LogP contribution in [-0.2, 0) is 4.79 Å². The van der Waals surface area contributed by atoms with Crippen LogP contribution < -0.4 is 5.32 Å². The van der Waals surface area contributed by atoms with Crippen molar-refractivity contribution in [1.82, 2.24) is 4.98 Å². The van der Waals surface area contributed by atoms with Crippen LogP contribution in [0, 0.1) is 17.5 Å². The lowest BCUT2D eigenvalue weighted by Gasteiger charge is -2.05. The van der Waals surface area contributed by atoms with Crippen molar-refractivity contribution in [3.63, 3.8) is 0 Å². The monoisotopic (exact) mass is 364 g/mol. The van der Waals surface area contributed by atoms with Crippen LogP contribution in [0.4, 0.5) is 18.9 Å². The first-order valence-corrected chi connectivity index (χ1v) is 8.09. The van der Waals surface area contributed by atoms with Crippen LogP contribution in [0.5, 0.6) is 0 Å². The zero-order valence-corrected chi connectivity index (χ0v) is 13.4. The molecule has 0 aliphatic carbocycles. The van der Waals surface area contributed by atoms with Crippen LogP contribution in [-0.4, -0.2) is 16.6 Å². The molecule has 4 nitrogen and oxygen atoms in total. The van der Waals surface area contributed by atoms with E-state index in [0.717, 1.165) is 23.9 Å². The molecular weight excluding hydrogens is 353 g/mol. The molecule has 3 rings (SSSR count). The quantitative estimate of drug-likeness (QED) is 0.678. The summed E-state index contributed by atoms with van der Waals surface area (Å²) >= 11 is 1.02. The van der Waals surface area contributed by atoms with Gasteiger partial charge in [-0.1, -0.05) is 11.8 Å². The van der Waals surface area contributed by atoms with Gasteiger partial charge in [0.05, 0.1) is 17.6 Å².